The van der Waals surface area contributed by atoms with Crippen LogP contribution in [0.1, 0.15) is 18.9 Å². The largest absolute Gasteiger partial charge is 0.481 e. The molecule has 2 heterocycles. The lowest BCUT2D eigenvalue weighted by Crippen LogP contribution is -2.45. The highest BCUT2D eigenvalue weighted by molar-refractivity contribution is 7.89. The number of hydrogen-bond acceptors (Lipinski definition) is 5. The average molecular weight is 364 g/mol. The lowest BCUT2D eigenvalue weighted by atomic mass is 9.92. The molecule has 8 nitrogen and oxygen atoms in total. The number of aromatic nitrogens is 3. The van der Waals surface area contributed by atoms with Crippen molar-refractivity contribution in [1.29, 1.82) is 0 Å². The molecule has 2 atom stereocenters. The molecule has 0 saturated carbocycles. The normalized spacial score (nSPS) is 22.0. The van der Waals surface area contributed by atoms with Crippen molar-refractivity contribution in [1.82, 2.24) is 19.1 Å². The first-order valence-electron chi connectivity index (χ1n) is 8.01. The molecule has 2 unspecified atom stereocenters. The number of nitrogens with zero attached hydrogens (tertiary/aromatic N) is 4. The van der Waals surface area contributed by atoms with Gasteiger partial charge in [-0.3, -0.25) is 4.79 Å². The fraction of sp³-hybridized carbons (Fsp3) is 0.438. The van der Waals surface area contributed by atoms with Crippen LogP contribution in [-0.2, 0) is 21.4 Å². The number of sulfonamides is 1. The SMILES string of the molecule is CC1CC(C(=O)O)CN(S(=O)(=O)c2ccccc2Cn2cncn2)C1. The number of benzene rings is 1. The van der Waals surface area contributed by atoms with Gasteiger partial charge in [-0.25, -0.2) is 18.1 Å². The maximum Gasteiger partial charge on any atom is 0.307 e. The maximum atomic E-state index is 13.1. The van der Waals surface area contributed by atoms with Gasteiger partial charge in [0, 0.05) is 13.1 Å². The number of carboxylic acid groups (broad SMARTS) is 1. The number of aliphatic carboxylic acids is 1. The highest BCUT2D eigenvalue weighted by atomic mass is 32.2. The summed E-state index contributed by atoms with van der Waals surface area (Å²) in [7, 11) is -3.79. The molecule has 0 radical (unpaired) electrons. The zero-order chi connectivity index (χ0) is 18.0. The van der Waals surface area contributed by atoms with Crippen LogP contribution in [0.5, 0.6) is 0 Å². The Bertz CT molecular complexity index is 851. The van der Waals surface area contributed by atoms with Gasteiger partial charge in [0.15, 0.2) is 0 Å². The van der Waals surface area contributed by atoms with E-state index in [4.69, 9.17) is 0 Å². The first-order chi connectivity index (χ1) is 11.9. The summed E-state index contributed by atoms with van der Waals surface area (Å²) in [5.41, 5.74) is 0.595. The van der Waals surface area contributed by atoms with Gasteiger partial charge in [-0.2, -0.15) is 9.40 Å². The molecule has 134 valence electrons. The van der Waals surface area contributed by atoms with Crippen LogP contribution in [0.25, 0.3) is 0 Å². The quantitative estimate of drug-likeness (QED) is 0.850. The zero-order valence-corrected chi connectivity index (χ0v) is 14.6. The van der Waals surface area contributed by atoms with Crippen molar-refractivity contribution < 1.29 is 18.3 Å². The lowest BCUT2D eigenvalue weighted by Gasteiger charge is -2.34. The Hall–Kier alpha value is -2.26. The molecular weight excluding hydrogens is 344 g/mol. The zero-order valence-electron chi connectivity index (χ0n) is 13.8. The van der Waals surface area contributed by atoms with Crippen molar-refractivity contribution in [2.24, 2.45) is 11.8 Å². The van der Waals surface area contributed by atoms with Gasteiger partial charge in [-0.1, -0.05) is 25.1 Å². The Morgan fingerprint density at radius 2 is 2.08 bits per heavy atom. The highest BCUT2D eigenvalue weighted by Gasteiger charge is 2.36. The summed E-state index contributed by atoms with van der Waals surface area (Å²) >= 11 is 0. The summed E-state index contributed by atoms with van der Waals surface area (Å²) in [6.45, 7) is 2.48. The van der Waals surface area contributed by atoms with Crippen LogP contribution in [-0.4, -0.2) is 51.7 Å². The standard InChI is InChI=1S/C16H20N4O4S/c1-12-6-14(16(21)22)9-20(7-12)25(23,24)15-5-3-2-4-13(15)8-19-11-17-10-18-19/h2-5,10-12,14H,6-9H2,1H3,(H,21,22). The van der Waals surface area contributed by atoms with Gasteiger partial charge in [0.1, 0.15) is 12.7 Å². The molecule has 1 aromatic carbocycles. The minimum absolute atomic E-state index is 0.000331. The van der Waals surface area contributed by atoms with Crippen LogP contribution in [0.3, 0.4) is 0 Å². The van der Waals surface area contributed by atoms with E-state index in [-0.39, 0.29) is 23.9 Å². The van der Waals surface area contributed by atoms with E-state index in [0.29, 0.717) is 18.5 Å². The fourth-order valence-corrected chi connectivity index (χ4v) is 5.01. The van der Waals surface area contributed by atoms with Gasteiger partial charge in [0.05, 0.1) is 17.4 Å². The highest BCUT2D eigenvalue weighted by Crippen LogP contribution is 2.28. The van der Waals surface area contributed by atoms with Gasteiger partial charge in [-0.15, -0.1) is 0 Å². The molecule has 1 aliphatic rings. The van der Waals surface area contributed by atoms with Gasteiger partial charge in [0.2, 0.25) is 10.0 Å². The molecule has 25 heavy (non-hydrogen) atoms. The number of piperidine rings is 1. The first-order valence-corrected chi connectivity index (χ1v) is 9.45. The minimum Gasteiger partial charge on any atom is -0.481 e. The molecule has 0 aliphatic carbocycles. The van der Waals surface area contributed by atoms with Crippen molar-refractivity contribution in [3.05, 3.63) is 42.5 Å². The molecule has 1 saturated heterocycles. The molecule has 9 heteroatoms. The van der Waals surface area contributed by atoms with E-state index in [1.807, 2.05) is 6.92 Å². The van der Waals surface area contributed by atoms with Crippen molar-refractivity contribution in [3.8, 4) is 0 Å². The van der Waals surface area contributed by atoms with Gasteiger partial charge in [-0.05, 0) is 24.0 Å². The van der Waals surface area contributed by atoms with Crippen molar-refractivity contribution >= 4 is 16.0 Å². The Balaban J connectivity index is 1.93. The van der Waals surface area contributed by atoms with Crippen LogP contribution in [0.2, 0.25) is 0 Å². The molecule has 1 fully saturated rings. The molecule has 1 aliphatic heterocycles. The topological polar surface area (TPSA) is 105 Å². The summed E-state index contributed by atoms with van der Waals surface area (Å²) in [5, 5.41) is 13.3. The minimum atomic E-state index is -3.79. The smallest absolute Gasteiger partial charge is 0.307 e. The third-order valence-corrected chi connectivity index (χ3v) is 6.30. The van der Waals surface area contributed by atoms with E-state index in [0.717, 1.165) is 0 Å². The third kappa shape index (κ3) is 3.72. The summed E-state index contributed by atoms with van der Waals surface area (Å²) in [5.74, 6) is -1.64. The molecule has 3 rings (SSSR count). The maximum absolute atomic E-state index is 13.1. The van der Waals surface area contributed by atoms with Crippen molar-refractivity contribution in [2.45, 2.75) is 24.8 Å². The molecule has 2 aromatic rings. The number of carbonyl (C=O) groups is 1. The van der Waals surface area contributed by atoms with Crippen LogP contribution < -0.4 is 0 Å². The van der Waals surface area contributed by atoms with E-state index in [1.54, 1.807) is 28.9 Å². The second kappa shape index (κ2) is 6.93. The Morgan fingerprint density at radius 1 is 1.32 bits per heavy atom. The Morgan fingerprint density at radius 3 is 2.76 bits per heavy atom. The predicted octanol–water partition coefficient (Wildman–Crippen LogP) is 1.06. The molecule has 0 amide bonds. The van der Waals surface area contributed by atoms with Crippen LogP contribution in [0, 0.1) is 11.8 Å². The van der Waals surface area contributed by atoms with Crippen LogP contribution in [0.15, 0.2) is 41.8 Å². The first kappa shape index (κ1) is 17.6. The Labute approximate surface area is 146 Å². The number of hydrogen-bond donors (Lipinski definition) is 1. The summed E-state index contributed by atoms with van der Waals surface area (Å²) in [6, 6.07) is 6.72. The summed E-state index contributed by atoms with van der Waals surface area (Å²) in [6.07, 6.45) is 3.40. The van der Waals surface area contributed by atoms with E-state index in [2.05, 4.69) is 10.1 Å². The molecular formula is C16H20N4O4S. The van der Waals surface area contributed by atoms with E-state index >= 15 is 0 Å². The van der Waals surface area contributed by atoms with Crippen LogP contribution in [0.4, 0.5) is 0 Å². The second-order valence-corrected chi connectivity index (χ2v) is 8.31. The van der Waals surface area contributed by atoms with E-state index in [9.17, 15) is 18.3 Å². The number of carboxylic acids is 1. The third-order valence-electron chi connectivity index (χ3n) is 4.36. The predicted molar refractivity (Wildman–Crippen MR) is 89.2 cm³/mol. The molecule has 0 bridgehead atoms. The summed E-state index contributed by atoms with van der Waals surface area (Å²) < 4.78 is 29.1. The number of rotatable bonds is 5. The van der Waals surface area contributed by atoms with Gasteiger partial charge < -0.3 is 5.11 Å². The average Bonchev–Trinajstić information content (AvgIpc) is 3.07. The Kier molecular flexibility index (Phi) is 4.87. The monoisotopic (exact) mass is 364 g/mol. The molecule has 0 spiro atoms. The molecule has 1 N–H and O–H groups in total. The van der Waals surface area contributed by atoms with Crippen molar-refractivity contribution in [2.75, 3.05) is 13.1 Å². The second-order valence-electron chi connectivity index (χ2n) is 6.40. The molecule has 1 aromatic heterocycles. The lowest BCUT2D eigenvalue weighted by molar-refractivity contribution is -0.143. The van der Waals surface area contributed by atoms with Gasteiger partial charge in [0.25, 0.3) is 0 Å². The van der Waals surface area contributed by atoms with E-state index in [1.165, 1.54) is 17.0 Å². The summed E-state index contributed by atoms with van der Waals surface area (Å²) in [4.78, 5) is 15.4. The van der Waals surface area contributed by atoms with Gasteiger partial charge >= 0.3 is 5.97 Å². The fourth-order valence-electron chi connectivity index (χ4n) is 3.19. The van der Waals surface area contributed by atoms with Crippen LogP contribution >= 0.6 is 0 Å². The van der Waals surface area contributed by atoms with E-state index < -0.39 is 21.9 Å². The van der Waals surface area contributed by atoms with Crippen molar-refractivity contribution in [3.63, 3.8) is 0 Å².